The van der Waals surface area contributed by atoms with Gasteiger partial charge in [0.25, 0.3) is 0 Å². The molecule has 1 saturated heterocycles. The Bertz CT molecular complexity index is 725. The SMILES string of the molecule is CCc1noc(CC)c1CNC(=NC)NCc1ccc(N2CCCC2)nc1. The van der Waals surface area contributed by atoms with Crippen molar-refractivity contribution in [3.63, 3.8) is 0 Å². The number of hydrogen-bond acceptors (Lipinski definition) is 5. The molecule has 2 aromatic rings. The lowest BCUT2D eigenvalue weighted by atomic mass is 10.1. The van der Waals surface area contributed by atoms with Gasteiger partial charge >= 0.3 is 0 Å². The molecule has 0 amide bonds. The van der Waals surface area contributed by atoms with Crippen LogP contribution in [0.15, 0.2) is 27.8 Å². The molecule has 1 aliphatic rings. The van der Waals surface area contributed by atoms with Crippen LogP contribution < -0.4 is 15.5 Å². The summed E-state index contributed by atoms with van der Waals surface area (Å²) in [5, 5.41) is 10.9. The molecule has 0 atom stereocenters. The first-order valence-corrected chi connectivity index (χ1v) is 9.85. The molecule has 7 heteroatoms. The molecule has 1 aliphatic heterocycles. The van der Waals surface area contributed by atoms with Crippen LogP contribution in [0.2, 0.25) is 0 Å². The molecule has 146 valence electrons. The fourth-order valence-corrected chi connectivity index (χ4v) is 3.37. The van der Waals surface area contributed by atoms with Gasteiger partial charge in [0.05, 0.1) is 5.69 Å². The number of nitrogens with one attached hydrogen (secondary N) is 2. The van der Waals surface area contributed by atoms with Crippen LogP contribution in [0.1, 0.15) is 49.3 Å². The van der Waals surface area contributed by atoms with Gasteiger partial charge < -0.3 is 20.1 Å². The Morgan fingerprint density at radius 2 is 1.93 bits per heavy atom. The predicted octanol–water partition coefficient (Wildman–Crippen LogP) is 2.66. The molecule has 1 fully saturated rings. The van der Waals surface area contributed by atoms with Crippen molar-refractivity contribution in [2.75, 3.05) is 25.0 Å². The zero-order chi connectivity index (χ0) is 19.1. The maximum atomic E-state index is 5.42. The molecule has 0 unspecified atom stereocenters. The lowest BCUT2D eigenvalue weighted by molar-refractivity contribution is 0.380. The lowest BCUT2D eigenvalue weighted by Crippen LogP contribution is -2.36. The van der Waals surface area contributed by atoms with E-state index in [0.29, 0.717) is 13.1 Å². The molecule has 0 aromatic carbocycles. The van der Waals surface area contributed by atoms with Crippen molar-refractivity contribution in [1.82, 2.24) is 20.8 Å². The van der Waals surface area contributed by atoms with Gasteiger partial charge in [-0.1, -0.05) is 25.1 Å². The van der Waals surface area contributed by atoms with Gasteiger partial charge in [-0.15, -0.1) is 0 Å². The van der Waals surface area contributed by atoms with Crippen LogP contribution in [-0.2, 0) is 25.9 Å². The summed E-state index contributed by atoms with van der Waals surface area (Å²) in [5.74, 6) is 2.77. The average molecular weight is 371 g/mol. The molecule has 0 bridgehead atoms. The molecular formula is C20H30N6O. The zero-order valence-corrected chi connectivity index (χ0v) is 16.6. The summed E-state index contributed by atoms with van der Waals surface area (Å²) >= 11 is 0. The number of rotatable bonds is 7. The number of guanidine groups is 1. The third-order valence-electron chi connectivity index (χ3n) is 4.96. The van der Waals surface area contributed by atoms with Crippen molar-refractivity contribution in [1.29, 1.82) is 0 Å². The molecule has 0 saturated carbocycles. The van der Waals surface area contributed by atoms with E-state index in [1.165, 1.54) is 12.8 Å². The van der Waals surface area contributed by atoms with E-state index in [1.54, 1.807) is 7.05 Å². The molecule has 2 N–H and O–H groups in total. The number of hydrogen-bond donors (Lipinski definition) is 2. The summed E-state index contributed by atoms with van der Waals surface area (Å²) in [7, 11) is 1.78. The summed E-state index contributed by atoms with van der Waals surface area (Å²) in [5.41, 5.74) is 3.28. The molecule has 3 heterocycles. The molecule has 27 heavy (non-hydrogen) atoms. The first-order valence-electron chi connectivity index (χ1n) is 9.85. The number of aliphatic imine (C=N–C) groups is 1. The Morgan fingerprint density at radius 3 is 2.56 bits per heavy atom. The summed E-state index contributed by atoms with van der Waals surface area (Å²) in [6, 6.07) is 4.24. The molecule has 3 rings (SSSR count). The number of aryl methyl sites for hydroxylation is 2. The Kier molecular flexibility index (Phi) is 6.68. The number of aromatic nitrogens is 2. The predicted molar refractivity (Wildman–Crippen MR) is 108 cm³/mol. The lowest BCUT2D eigenvalue weighted by Gasteiger charge is -2.16. The maximum Gasteiger partial charge on any atom is 0.191 e. The third-order valence-corrected chi connectivity index (χ3v) is 4.96. The van der Waals surface area contributed by atoms with Crippen molar-refractivity contribution in [2.24, 2.45) is 4.99 Å². The Labute approximate surface area is 161 Å². The normalized spacial score (nSPS) is 14.6. The molecule has 2 aromatic heterocycles. The van der Waals surface area contributed by atoms with Crippen molar-refractivity contribution >= 4 is 11.8 Å². The second kappa shape index (κ2) is 9.39. The number of anilines is 1. The molecule has 0 aliphatic carbocycles. The standard InChI is InChI=1S/C20H30N6O/c1-4-17-16(18(5-2)27-25-17)14-24-20(21-3)23-13-15-8-9-19(22-12-15)26-10-6-7-11-26/h8-9,12H,4-7,10-11,13-14H2,1-3H3,(H2,21,23,24). The van der Waals surface area contributed by atoms with E-state index >= 15 is 0 Å². The van der Waals surface area contributed by atoms with E-state index < -0.39 is 0 Å². The van der Waals surface area contributed by atoms with Gasteiger partial charge in [-0.25, -0.2) is 4.98 Å². The Hall–Kier alpha value is -2.57. The first-order chi connectivity index (χ1) is 13.2. The highest BCUT2D eigenvalue weighted by molar-refractivity contribution is 5.79. The fourth-order valence-electron chi connectivity index (χ4n) is 3.37. The van der Waals surface area contributed by atoms with Gasteiger partial charge in [0.2, 0.25) is 0 Å². The Morgan fingerprint density at radius 1 is 1.15 bits per heavy atom. The van der Waals surface area contributed by atoms with Gasteiger partial charge in [0, 0.05) is 51.4 Å². The van der Waals surface area contributed by atoms with Crippen LogP contribution >= 0.6 is 0 Å². The highest BCUT2D eigenvalue weighted by Gasteiger charge is 2.14. The van der Waals surface area contributed by atoms with E-state index in [2.05, 4.69) is 56.6 Å². The highest BCUT2D eigenvalue weighted by Crippen LogP contribution is 2.17. The molecule has 0 radical (unpaired) electrons. The van der Waals surface area contributed by atoms with E-state index in [9.17, 15) is 0 Å². The minimum atomic E-state index is 0.654. The van der Waals surface area contributed by atoms with Crippen LogP contribution in [0.5, 0.6) is 0 Å². The van der Waals surface area contributed by atoms with E-state index in [4.69, 9.17) is 4.52 Å². The van der Waals surface area contributed by atoms with Crippen LogP contribution in [-0.4, -0.2) is 36.2 Å². The Balaban J connectivity index is 1.53. The highest BCUT2D eigenvalue weighted by atomic mass is 16.5. The van der Waals surface area contributed by atoms with Crippen molar-refractivity contribution < 1.29 is 4.52 Å². The van der Waals surface area contributed by atoms with E-state index in [-0.39, 0.29) is 0 Å². The molecule has 0 spiro atoms. The van der Waals surface area contributed by atoms with Crippen LogP contribution in [0, 0.1) is 0 Å². The van der Waals surface area contributed by atoms with Gasteiger partial charge in [-0.05, 0) is 30.9 Å². The fraction of sp³-hybridized carbons (Fsp3) is 0.550. The van der Waals surface area contributed by atoms with Gasteiger partial charge in [-0.2, -0.15) is 0 Å². The minimum absolute atomic E-state index is 0.654. The zero-order valence-electron chi connectivity index (χ0n) is 16.6. The second-order valence-corrected chi connectivity index (χ2v) is 6.74. The van der Waals surface area contributed by atoms with Crippen LogP contribution in [0.25, 0.3) is 0 Å². The quantitative estimate of drug-likeness (QED) is 0.576. The smallest absolute Gasteiger partial charge is 0.191 e. The monoisotopic (exact) mass is 370 g/mol. The van der Waals surface area contributed by atoms with Crippen molar-refractivity contribution in [3.8, 4) is 0 Å². The molecular weight excluding hydrogens is 340 g/mol. The summed E-state index contributed by atoms with van der Waals surface area (Å²) < 4.78 is 5.42. The van der Waals surface area contributed by atoms with Crippen molar-refractivity contribution in [2.45, 2.75) is 52.6 Å². The van der Waals surface area contributed by atoms with Gasteiger partial charge in [0.15, 0.2) is 5.96 Å². The first kappa shape index (κ1) is 19.2. The third kappa shape index (κ3) is 4.78. The van der Waals surface area contributed by atoms with Gasteiger partial charge in [-0.3, -0.25) is 4.99 Å². The summed E-state index contributed by atoms with van der Waals surface area (Å²) in [6.07, 6.45) is 6.17. The van der Waals surface area contributed by atoms with Gasteiger partial charge in [0.1, 0.15) is 11.6 Å². The molecule has 7 nitrogen and oxygen atoms in total. The number of nitrogens with zero attached hydrogens (tertiary/aromatic N) is 4. The number of pyridine rings is 1. The van der Waals surface area contributed by atoms with Crippen molar-refractivity contribution in [3.05, 3.63) is 40.9 Å². The summed E-state index contributed by atoms with van der Waals surface area (Å²) in [4.78, 5) is 11.3. The maximum absolute atomic E-state index is 5.42. The largest absolute Gasteiger partial charge is 0.361 e. The van der Waals surface area contributed by atoms with E-state index in [0.717, 1.165) is 60.3 Å². The summed E-state index contributed by atoms with van der Waals surface area (Å²) in [6.45, 7) is 7.73. The average Bonchev–Trinajstić information content (AvgIpc) is 3.38. The second-order valence-electron chi connectivity index (χ2n) is 6.74. The van der Waals surface area contributed by atoms with Crippen LogP contribution in [0.4, 0.5) is 5.82 Å². The van der Waals surface area contributed by atoms with E-state index in [1.807, 2.05) is 6.20 Å². The van der Waals surface area contributed by atoms with Crippen LogP contribution in [0.3, 0.4) is 0 Å². The topological polar surface area (TPSA) is 78.6 Å². The minimum Gasteiger partial charge on any atom is -0.361 e.